The van der Waals surface area contributed by atoms with Gasteiger partial charge in [-0.05, 0) is 67.0 Å². The lowest BCUT2D eigenvalue weighted by molar-refractivity contribution is -0.0444. The molecule has 3 aliphatic rings. The minimum atomic E-state index is -0.509. The summed E-state index contributed by atoms with van der Waals surface area (Å²) in [7, 11) is 1.70. The smallest absolute Gasteiger partial charge is 0.119 e. The molecule has 5 rings (SSSR count). The highest BCUT2D eigenvalue weighted by atomic mass is 16.5. The van der Waals surface area contributed by atoms with Gasteiger partial charge in [-0.1, -0.05) is 19.4 Å². The van der Waals surface area contributed by atoms with Gasteiger partial charge in [0.15, 0.2) is 0 Å². The minimum absolute atomic E-state index is 0.173. The maximum absolute atomic E-state index is 11.4. The number of hydrogen-bond donors (Lipinski definition) is 1. The molecule has 144 valence electrons. The number of aliphatic hydroxyl groups is 1. The van der Waals surface area contributed by atoms with E-state index in [1.807, 2.05) is 18.3 Å². The van der Waals surface area contributed by atoms with Crippen LogP contribution in [0.1, 0.15) is 43.4 Å². The van der Waals surface area contributed by atoms with Crippen molar-refractivity contribution in [3.8, 4) is 5.75 Å². The van der Waals surface area contributed by atoms with E-state index < -0.39 is 6.10 Å². The summed E-state index contributed by atoms with van der Waals surface area (Å²) < 4.78 is 5.54. The molecule has 0 amide bonds. The number of benzene rings is 1. The van der Waals surface area contributed by atoms with Gasteiger partial charge < -0.3 is 9.84 Å². The first-order valence-electron chi connectivity index (χ1n) is 10.2. The molecule has 0 radical (unpaired) electrons. The summed E-state index contributed by atoms with van der Waals surface area (Å²) in [5.41, 5.74) is 3.16. The number of piperidine rings is 3. The fourth-order valence-electron chi connectivity index (χ4n) is 5.07. The minimum Gasteiger partial charge on any atom is -0.497 e. The van der Waals surface area contributed by atoms with Gasteiger partial charge in [-0.3, -0.25) is 9.88 Å². The zero-order chi connectivity index (χ0) is 19.0. The first kappa shape index (κ1) is 18.5. The molecule has 4 heteroatoms. The number of fused-ring (bicyclic) bond motifs is 4. The summed E-state index contributed by atoms with van der Waals surface area (Å²) in [5.74, 6) is 2.04. The van der Waals surface area contributed by atoms with Crippen molar-refractivity contribution >= 4 is 10.9 Å². The molecule has 27 heavy (non-hydrogen) atoms. The molecule has 0 spiro atoms. The van der Waals surface area contributed by atoms with Crippen molar-refractivity contribution in [2.75, 3.05) is 20.2 Å². The van der Waals surface area contributed by atoms with E-state index in [9.17, 15) is 5.11 Å². The zero-order valence-electron chi connectivity index (χ0n) is 16.4. The van der Waals surface area contributed by atoms with Gasteiger partial charge in [0.05, 0.1) is 18.7 Å². The highest BCUT2D eigenvalue weighted by Crippen LogP contribution is 2.42. The third-order valence-corrected chi connectivity index (χ3v) is 6.52. The van der Waals surface area contributed by atoms with E-state index in [-0.39, 0.29) is 6.04 Å². The highest BCUT2D eigenvalue weighted by molar-refractivity contribution is 5.87. The number of pyridine rings is 1. The summed E-state index contributed by atoms with van der Waals surface area (Å²) >= 11 is 0. The lowest BCUT2D eigenvalue weighted by Gasteiger charge is -2.50. The third kappa shape index (κ3) is 3.26. The molecular formula is C23H30N2O2. The van der Waals surface area contributed by atoms with E-state index >= 15 is 0 Å². The van der Waals surface area contributed by atoms with Crippen molar-refractivity contribution in [2.45, 2.75) is 44.8 Å². The van der Waals surface area contributed by atoms with Gasteiger partial charge in [0.25, 0.3) is 0 Å². The fraction of sp³-hybridized carbons (Fsp3) is 0.522. The highest BCUT2D eigenvalue weighted by Gasteiger charge is 2.42. The molecule has 4 heterocycles. The number of aryl methyl sites for hydroxylation is 1. The van der Waals surface area contributed by atoms with Gasteiger partial charge in [-0.25, -0.2) is 0 Å². The predicted octanol–water partition coefficient (Wildman–Crippen LogP) is 4.13. The molecule has 3 aliphatic heterocycles. The molecule has 1 N–H and O–H groups in total. The molecule has 4 nitrogen and oxygen atoms in total. The van der Waals surface area contributed by atoms with Crippen LogP contribution in [0.4, 0.5) is 0 Å². The number of aliphatic hydroxyl groups excluding tert-OH is 1. The van der Waals surface area contributed by atoms with Gasteiger partial charge in [0, 0.05) is 24.2 Å². The van der Waals surface area contributed by atoms with E-state index in [0.29, 0.717) is 11.8 Å². The molecular weight excluding hydrogens is 336 g/mol. The molecule has 3 fully saturated rings. The van der Waals surface area contributed by atoms with Gasteiger partial charge in [0.1, 0.15) is 5.75 Å². The zero-order valence-corrected chi connectivity index (χ0v) is 16.4. The Morgan fingerprint density at radius 3 is 2.96 bits per heavy atom. The summed E-state index contributed by atoms with van der Waals surface area (Å²) in [6, 6.07) is 6.27. The van der Waals surface area contributed by atoms with Crippen LogP contribution in [-0.4, -0.2) is 41.2 Å². The van der Waals surface area contributed by atoms with E-state index in [4.69, 9.17) is 4.74 Å². The van der Waals surface area contributed by atoms with Gasteiger partial charge in [0.2, 0.25) is 0 Å². The Morgan fingerprint density at radius 1 is 1.44 bits per heavy atom. The predicted molar refractivity (Wildman–Crippen MR) is 109 cm³/mol. The second kappa shape index (κ2) is 7.61. The van der Waals surface area contributed by atoms with E-state index in [1.165, 1.54) is 12.0 Å². The Balaban J connectivity index is 1.73. The molecule has 1 unspecified atom stereocenters. The average molecular weight is 367 g/mol. The van der Waals surface area contributed by atoms with Crippen molar-refractivity contribution < 1.29 is 9.84 Å². The molecule has 5 atom stereocenters. The van der Waals surface area contributed by atoms with Crippen LogP contribution in [0, 0.1) is 11.8 Å². The van der Waals surface area contributed by atoms with Crippen molar-refractivity contribution in [1.29, 1.82) is 0 Å². The van der Waals surface area contributed by atoms with Crippen LogP contribution in [0.5, 0.6) is 5.75 Å². The number of rotatable bonds is 6. The number of methoxy groups -OCH3 is 1. The van der Waals surface area contributed by atoms with E-state index in [2.05, 4.69) is 35.5 Å². The third-order valence-electron chi connectivity index (χ3n) is 6.52. The van der Waals surface area contributed by atoms with Crippen molar-refractivity contribution in [1.82, 2.24) is 9.88 Å². The van der Waals surface area contributed by atoms with Crippen molar-refractivity contribution in [3.63, 3.8) is 0 Å². The lowest BCUT2D eigenvalue weighted by atomic mass is 9.73. The quantitative estimate of drug-likeness (QED) is 0.781. The van der Waals surface area contributed by atoms with Crippen molar-refractivity contribution in [3.05, 3.63) is 48.2 Å². The van der Waals surface area contributed by atoms with Crippen LogP contribution in [0.2, 0.25) is 0 Å². The van der Waals surface area contributed by atoms with Crippen LogP contribution in [-0.2, 0) is 6.42 Å². The van der Waals surface area contributed by atoms with Gasteiger partial charge in [-0.15, -0.1) is 6.58 Å². The first-order valence-corrected chi connectivity index (χ1v) is 10.2. The number of ether oxygens (including phenoxy) is 1. The second-order valence-corrected chi connectivity index (χ2v) is 8.02. The normalized spacial score (nSPS) is 28.3. The van der Waals surface area contributed by atoms with Gasteiger partial charge in [-0.2, -0.15) is 0 Å². The molecule has 0 saturated carbocycles. The maximum atomic E-state index is 11.4. The Kier molecular flexibility index (Phi) is 5.20. The summed E-state index contributed by atoms with van der Waals surface area (Å²) in [4.78, 5) is 7.10. The number of nitrogens with zero attached hydrogens (tertiary/aromatic N) is 2. The van der Waals surface area contributed by atoms with Crippen LogP contribution in [0.25, 0.3) is 10.9 Å². The second-order valence-electron chi connectivity index (χ2n) is 8.02. The van der Waals surface area contributed by atoms with E-state index in [0.717, 1.165) is 54.6 Å². The van der Waals surface area contributed by atoms with Gasteiger partial charge >= 0.3 is 0 Å². The van der Waals surface area contributed by atoms with Crippen LogP contribution in [0.15, 0.2) is 37.1 Å². The summed E-state index contributed by atoms with van der Waals surface area (Å²) in [6.45, 7) is 8.27. The first-order chi connectivity index (χ1) is 13.2. The molecule has 3 saturated heterocycles. The Bertz CT molecular complexity index is 834. The summed E-state index contributed by atoms with van der Waals surface area (Å²) in [5, 5.41) is 12.4. The number of aromatic nitrogens is 1. The van der Waals surface area contributed by atoms with Crippen LogP contribution < -0.4 is 4.74 Å². The SMILES string of the molecule is C=C[C@H]1CN2CC[C@H]1C[C@@H]2[C@@H](O)c1ccnc2c(CCC)cc(OC)cc12. The monoisotopic (exact) mass is 366 g/mol. The maximum Gasteiger partial charge on any atom is 0.119 e. The Hall–Kier alpha value is -1.91. The Labute approximate surface area is 161 Å². The molecule has 1 aromatic heterocycles. The standard InChI is InChI=1S/C23H30N2O2/c1-4-6-17-11-18(27-3)13-20-19(7-9-24-22(17)20)23(26)21-12-16-8-10-25(21)14-15(16)5-2/h5,7,9,11,13,15-16,21,23,26H,2,4,6,8,10,12,14H2,1,3H3/t15-,16-,21+,23-/m0/s1. The average Bonchev–Trinajstić information content (AvgIpc) is 2.73. The molecule has 2 aromatic rings. The van der Waals surface area contributed by atoms with E-state index in [1.54, 1.807) is 7.11 Å². The fourth-order valence-corrected chi connectivity index (χ4v) is 5.07. The number of hydrogen-bond acceptors (Lipinski definition) is 4. The molecule has 2 bridgehead atoms. The molecule has 1 aromatic carbocycles. The topological polar surface area (TPSA) is 45.6 Å². The molecule has 0 aliphatic carbocycles. The van der Waals surface area contributed by atoms with Crippen LogP contribution >= 0.6 is 0 Å². The van der Waals surface area contributed by atoms with Crippen LogP contribution in [0.3, 0.4) is 0 Å². The largest absolute Gasteiger partial charge is 0.497 e. The Morgan fingerprint density at radius 2 is 2.30 bits per heavy atom. The lowest BCUT2D eigenvalue weighted by Crippen LogP contribution is -2.54. The van der Waals surface area contributed by atoms with Crippen molar-refractivity contribution in [2.24, 2.45) is 11.8 Å². The summed E-state index contributed by atoms with van der Waals surface area (Å²) in [6.07, 6.45) is 7.69.